The van der Waals surface area contributed by atoms with Crippen LogP contribution in [0.5, 0.6) is 0 Å². The van der Waals surface area contributed by atoms with Gasteiger partial charge in [0.1, 0.15) is 17.3 Å². The Labute approximate surface area is 236 Å². The highest BCUT2D eigenvalue weighted by Gasteiger charge is 2.48. The molecule has 4 aromatic rings. The molecule has 2 aliphatic heterocycles. The maximum Gasteiger partial charge on any atom is 0.436 e. The maximum atomic E-state index is 14.5. The maximum absolute atomic E-state index is 14.5. The molecular weight excluding hydrogens is 554 g/mol. The Hall–Kier alpha value is -4.82. The fourth-order valence-corrected chi connectivity index (χ4v) is 5.98. The Morgan fingerprint density at radius 3 is 2.60 bits per heavy atom. The van der Waals surface area contributed by atoms with E-state index in [4.69, 9.17) is 0 Å². The van der Waals surface area contributed by atoms with Crippen LogP contribution in [-0.4, -0.2) is 72.7 Å². The van der Waals surface area contributed by atoms with Crippen molar-refractivity contribution in [3.05, 3.63) is 65.8 Å². The zero-order chi connectivity index (χ0) is 29.6. The number of H-pyrrole nitrogens is 1. The van der Waals surface area contributed by atoms with Crippen LogP contribution in [0.4, 0.5) is 17.6 Å². The summed E-state index contributed by atoms with van der Waals surface area (Å²) < 4.78 is 55.4. The zero-order valence-corrected chi connectivity index (χ0v) is 22.1. The molecule has 0 saturated carbocycles. The molecule has 0 radical (unpaired) electrons. The van der Waals surface area contributed by atoms with E-state index in [1.54, 1.807) is 17.1 Å². The zero-order valence-electron chi connectivity index (χ0n) is 22.1. The fraction of sp³-hybridized carbons (Fsp3) is 0.357. The number of halogens is 4. The van der Waals surface area contributed by atoms with Crippen molar-refractivity contribution in [2.75, 3.05) is 26.2 Å². The van der Waals surface area contributed by atoms with E-state index in [2.05, 4.69) is 37.1 Å². The van der Waals surface area contributed by atoms with Gasteiger partial charge in [-0.3, -0.25) is 14.4 Å². The Morgan fingerprint density at radius 2 is 1.90 bits per heavy atom. The number of pyridine rings is 2. The van der Waals surface area contributed by atoms with Crippen LogP contribution in [0.3, 0.4) is 0 Å². The molecular formula is C28H23F4N9O. The molecule has 2 saturated heterocycles. The molecule has 1 amide bonds. The minimum Gasteiger partial charge on any atom is -0.346 e. The third kappa shape index (κ3) is 4.54. The summed E-state index contributed by atoms with van der Waals surface area (Å²) in [5.41, 5.74) is -0.422. The normalized spacial score (nSPS) is 17.5. The monoisotopic (exact) mass is 577 g/mol. The average Bonchev–Trinajstić information content (AvgIpc) is 3.64. The number of piperidine rings is 1. The molecule has 10 nitrogen and oxygen atoms in total. The smallest absolute Gasteiger partial charge is 0.346 e. The van der Waals surface area contributed by atoms with Gasteiger partial charge < -0.3 is 9.88 Å². The molecule has 14 heteroatoms. The largest absolute Gasteiger partial charge is 0.436 e. The lowest BCUT2D eigenvalue weighted by Crippen LogP contribution is -2.66. The Balaban J connectivity index is 1.14. The summed E-state index contributed by atoms with van der Waals surface area (Å²) in [5.74, 6) is -2.46. The molecule has 1 N–H and O–H groups in total. The average molecular weight is 578 g/mol. The van der Waals surface area contributed by atoms with E-state index >= 15 is 0 Å². The molecule has 6 heterocycles. The first-order chi connectivity index (χ1) is 20.1. The van der Waals surface area contributed by atoms with Gasteiger partial charge in [-0.25, -0.2) is 14.4 Å². The van der Waals surface area contributed by atoms with Crippen LogP contribution in [0.15, 0.2) is 43.1 Å². The molecule has 2 fully saturated rings. The molecule has 0 unspecified atom stereocenters. The topological polar surface area (TPSA) is 131 Å². The highest BCUT2D eigenvalue weighted by Crippen LogP contribution is 2.38. The van der Waals surface area contributed by atoms with E-state index < -0.39 is 34.7 Å². The molecule has 4 aromatic heterocycles. The lowest BCUT2D eigenvalue weighted by Gasteiger charge is -2.53. The molecule has 0 spiro atoms. The van der Waals surface area contributed by atoms with Gasteiger partial charge in [0.25, 0.3) is 5.91 Å². The summed E-state index contributed by atoms with van der Waals surface area (Å²) in [6.07, 6.45) is 3.88. The van der Waals surface area contributed by atoms with Crippen LogP contribution < -0.4 is 0 Å². The van der Waals surface area contributed by atoms with Crippen molar-refractivity contribution < 1.29 is 22.4 Å². The third-order valence-corrected chi connectivity index (χ3v) is 8.12. The quantitative estimate of drug-likeness (QED) is 0.354. The summed E-state index contributed by atoms with van der Waals surface area (Å²) in [5, 5.41) is 24.7. The lowest BCUT2D eigenvalue weighted by atomic mass is 9.83. The van der Waals surface area contributed by atoms with Crippen molar-refractivity contribution >= 4 is 16.9 Å². The summed E-state index contributed by atoms with van der Waals surface area (Å²) in [6.45, 7) is 1.59. The standard InChI is InChI=1S/C28H23F4N9O/c29-23-21(2-7-35-24(23)28(30,31)32)26(42)39-9-3-19(4-10-39)40-15-27(16-40,5-6-33)41-14-18(13-38-41)22-17(11-34)12-37-25-20(22)1-8-36-25/h1-2,7-8,12-14,19H,3-5,9-10,15-16H2,(H,36,37). The van der Waals surface area contributed by atoms with Crippen LogP contribution in [0.1, 0.15) is 40.9 Å². The second-order valence-corrected chi connectivity index (χ2v) is 10.6. The van der Waals surface area contributed by atoms with Crippen molar-refractivity contribution in [2.24, 2.45) is 0 Å². The SMILES string of the molecule is N#CCC1(n2cc(-c3c(C#N)cnc4[nH]ccc34)cn2)CN(C2CCN(C(=O)c3ccnc(C(F)(F)F)c3F)CC2)C1. The van der Waals surface area contributed by atoms with Gasteiger partial charge in [0, 0.05) is 73.5 Å². The van der Waals surface area contributed by atoms with Crippen molar-refractivity contribution in [2.45, 2.75) is 37.0 Å². The molecule has 0 atom stereocenters. The second-order valence-electron chi connectivity index (χ2n) is 10.6. The summed E-state index contributed by atoms with van der Waals surface area (Å²) in [4.78, 5) is 26.8. The highest BCUT2D eigenvalue weighted by atomic mass is 19.4. The number of amides is 1. The van der Waals surface area contributed by atoms with E-state index in [0.717, 1.165) is 23.2 Å². The van der Waals surface area contributed by atoms with Crippen molar-refractivity contribution in [1.29, 1.82) is 10.5 Å². The first-order valence-corrected chi connectivity index (χ1v) is 13.2. The van der Waals surface area contributed by atoms with Gasteiger partial charge in [0.2, 0.25) is 0 Å². The van der Waals surface area contributed by atoms with Gasteiger partial charge in [-0.1, -0.05) is 0 Å². The fourth-order valence-electron chi connectivity index (χ4n) is 5.98. The van der Waals surface area contributed by atoms with E-state index in [1.807, 2.05) is 12.3 Å². The van der Waals surface area contributed by atoms with Crippen LogP contribution >= 0.6 is 0 Å². The minimum atomic E-state index is -5.00. The van der Waals surface area contributed by atoms with E-state index in [-0.39, 0.29) is 25.6 Å². The van der Waals surface area contributed by atoms with Crippen molar-refractivity contribution in [3.63, 3.8) is 0 Å². The lowest BCUT2D eigenvalue weighted by molar-refractivity contribution is -0.143. The van der Waals surface area contributed by atoms with Gasteiger partial charge in [-0.05, 0) is 25.0 Å². The van der Waals surface area contributed by atoms with Crippen LogP contribution in [0, 0.1) is 28.5 Å². The summed E-state index contributed by atoms with van der Waals surface area (Å²) in [6, 6.07) is 7.34. The molecule has 0 aliphatic carbocycles. The van der Waals surface area contributed by atoms with Gasteiger partial charge in [-0.2, -0.15) is 28.8 Å². The molecule has 2 aliphatic rings. The minimum absolute atomic E-state index is 0.0776. The number of carbonyl (C=O) groups is 1. The first kappa shape index (κ1) is 27.4. The molecule has 214 valence electrons. The van der Waals surface area contributed by atoms with E-state index in [9.17, 15) is 32.9 Å². The number of carbonyl (C=O) groups excluding carboxylic acids is 1. The van der Waals surface area contributed by atoms with E-state index in [0.29, 0.717) is 42.7 Å². The van der Waals surface area contributed by atoms with Crippen molar-refractivity contribution in [1.82, 2.24) is 34.5 Å². The molecule has 0 aromatic carbocycles. The van der Waals surface area contributed by atoms with Gasteiger partial charge in [-0.15, -0.1) is 0 Å². The summed E-state index contributed by atoms with van der Waals surface area (Å²) in [7, 11) is 0. The highest BCUT2D eigenvalue weighted by molar-refractivity contribution is 5.96. The predicted molar refractivity (Wildman–Crippen MR) is 140 cm³/mol. The van der Waals surface area contributed by atoms with Gasteiger partial charge in [0.15, 0.2) is 11.5 Å². The van der Waals surface area contributed by atoms with Gasteiger partial charge >= 0.3 is 6.18 Å². The second kappa shape index (κ2) is 10.2. The Kier molecular flexibility index (Phi) is 6.66. The number of fused-ring (bicyclic) bond motifs is 1. The number of nitrogens with zero attached hydrogens (tertiary/aromatic N) is 8. The number of hydrogen-bond acceptors (Lipinski definition) is 7. The Bertz CT molecular complexity index is 1750. The number of alkyl halides is 3. The third-order valence-electron chi connectivity index (χ3n) is 8.12. The molecule has 42 heavy (non-hydrogen) atoms. The first-order valence-electron chi connectivity index (χ1n) is 13.2. The van der Waals surface area contributed by atoms with E-state index in [1.165, 1.54) is 11.1 Å². The molecule has 6 rings (SSSR count). The predicted octanol–water partition coefficient (Wildman–Crippen LogP) is 4.08. The number of likely N-dealkylation sites (tertiary alicyclic amines) is 2. The van der Waals surface area contributed by atoms with Crippen LogP contribution in [0.25, 0.3) is 22.2 Å². The number of nitrogens with one attached hydrogen (secondary N) is 1. The van der Waals surface area contributed by atoms with Crippen LogP contribution in [0.2, 0.25) is 0 Å². The van der Waals surface area contributed by atoms with Crippen LogP contribution in [-0.2, 0) is 11.7 Å². The summed E-state index contributed by atoms with van der Waals surface area (Å²) >= 11 is 0. The van der Waals surface area contributed by atoms with Gasteiger partial charge in [0.05, 0.1) is 29.8 Å². The number of nitriles is 2. The Morgan fingerprint density at radius 1 is 1.14 bits per heavy atom. The number of hydrogen-bond donors (Lipinski definition) is 1. The van der Waals surface area contributed by atoms with Crippen molar-refractivity contribution in [3.8, 4) is 23.3 Å². The molecule has 0 bridgehead atoms. The number of aromatic amines is 1. The number of aromatic nitrogens is 5. The number of rotatable bonds is 5.